The molecular weight excluding hydrogens is 266 g/mol. The van der Waals surface area contributed by atoms with Crippen LogP contribution in [-0.4, -0.2) is 25.4 Å². The van der Waals surface area contributed by atoms with Crippen molar-refractivity contribution in [2.45, 2.75) is 0 Å². The predicted molar refractivity (Wildman–Crippen MR) is 82.7 cm³/mol. The summed E-state index contributed by atoms with van der Waals surface area (Å²) in [6, 6.07) is 14.6. The first-order valence-corrected chi connectivity index (χ1v) is 6.68. The number of rotatable bonds is 2. The summed E-state index contributed by atoms with van der Waals surface area (Å²) in [6.07, 6.45) is 0. The monoisotopic (exact) mass is 281 g/mol. The minimum Gasteiger partial charge on any atom is -0.387 e. The number of amides is 2. The number of nitrogens with zero attached hydrogens (tertiary/aromatic N) is 1. The van der Waals surface area contributed by atoms with Crippen LogP contribution in [0.4, 0.5) is 17.1 Å². The number of hydrogen-bond acceptors (Lipinski definition) is 3. The highest BCUT2D eigenvalue weighted by Crippen LogP contribution is 2.31. The molecule has 0 radical (unpaired) electrons. The Morgan fingerprint density at radius 1 is 1.14 bits per heavy atom. The van der Waals surface area contributed by atoms with Crippen molar-refractivity contribution in [2.75, 3.05) is 29.1 Å². The van der Waals surface area contributed by atoms with Gasteiger partial charge in [-0.3, -0.25) is 14.5 Å². The van der Waals surface area contributed by atoms with Gasteiger partial charge >= 0.3 is 0 Å². The largest absolute Gasteiger partial charge is 0.387 e. The number of carbonyl (C=O) groups is 2. The van der Waals surface area contributed by atoms with Crippen LogP contribution in [0.25, 0.3) is 0 Å². The molecule has 0 unspecified atom stereocenters. The summed E-state index contributed by atoms with van der Waals surface area (Å²) in [7, 11) is 1.77. The van der Waals surface area contributed by atoms with Crippen LogP contribution in [0, 0.1) is 0 Å². The van der Waals surface area contributed by atoms with Gasteiger partial charge in [0.15, 0.2) is 0 Å². The molecule has 3 rings (SSSR count). The van der Waals surface area contributed by atoms with Crippen molar-refractivity contribution in [3.05, 3.63) is 54.1 Å². The molecule has 1 aliphatic rings. The molecule has 0 bridgehead atoms. The summed E-state index contributed by atoms with van der Waals surface area (Å²) in [5.41, 5.74) is 2.66. The Morgan fingerprint density at radius 2 is 1.86 bits per heavy atom. The van der Waals surface area contributed by atoms with Gasteiger partial charge in [-0.05, 0) is 24.3 Å². The smallest absolute Gasteiger partial charge is 0.260 e. The normalized spacial score (nSPS) is 13.4. The van der Waals surface area contributed by atoms with E-state index < -0.39 is 0 Å². The van der Waals surface area contributed by atoms with E-state index in [1.807, 2.05) is 36.4 Å². The van der Waals surface area contributed by atoms with E-state index in [4.69, 9.17) is 0 Å². The van der Waals surface area contributed by atoms with Crippen molar-refractivity contribution in [2.24, 2.45) is 0 Å². The Labute approximate surface area is 122 Å². The molecule has 0 atom stereocenters. The lowest BCUT2D eigenvalue weighted by atomic mass is 10.1. The second kappa shape index (κ2) is 5.28. The number of hydrogen-bond donors (Lipinski definition) is 2. The van der Waals surface area contributed by atoms with E-state index in [0.717, 1.165) is 5.69 Å². The molecule has 0 spiro atoms. The number of benzene rings is 2. The minimum absolute atomic E-state index is 0.0217. The maximum atomic E-state index is 12.8. The highest BCUT2D eigenvalue weighted by molar-refractivity contribution is 6.16. The van der Waals surface area contributed by atoms with E-state index in [-0.39, 0.29) is 18.4 Å². The summed E-state index contributed by atoms with van der Waals surface area (Å²) in [5, 5.41) is 5.78. The van der Waals surface area contributed by atoms with Gasteiger partial charge in [0.05, 0.1) is 16.9 Å². The Hall–Kier alpha value is -2.82. The van der Waals surface area contributed by atoms with Gasteiger partial charge in [0.25, 0.3) is 5.91 Å². The van der Waals surface area contributed by atoms with Crippen LogP contribution < -0.4 is 15.5 Å². The first kappa shape index (κ1) is 13.2. The topological polar surface area (TPSA) is 61.4 Å². The van der Waals surface area contributed by atoms with E-state index in [1.165, 1.54) is 4.90 Å². The summed E-state index contributed by atoms with van der Waals surface area (Å²) < 4.78 is 0. The lowest BCUT2D eigenvalue weighted by Crippen LogP contribution is -2.42. The molecular formula is C16H15N3O2. The molecule has 5 heteroatoms. The number of fused-ring (bicyclic) bond motifs is 1. The third-order valence-corrected chi connectivity index (χ3v) is 3.44. The second-order valence-electron chi connectivity index (χ2n) is 4.75. The van der Waals surface area contributed by atoms with Crippen LogP contribution in [0.2, 0.25) is 0 Å². The minimum atomic E-state index is -0.192. The molecule has 1 heterocycles. The molecule has 2 aromatic rings. The number of nitrogens with one attached hydrogen (secondary N) is 2. The van der Waals surface area contributed by atoms with Crippen LogP contribution in [-0.2, 0) is 4.79 Å². The van der Waals surface area contributed by atoms with E-state index in [1.54, 1.807) is 19.2 Å². The molecule has 2 amide bonds. The quantitative estimate of drug-likeness (QED) is 0.888. The van der Waals surface area contributed by atoms with Crippen molar-refractivity contribution in [3.63, 3.8) is 0 Å². The van der Waals surface area contributed by atoms with Crippen LogP contribution in [0.5, 0.6) is 0 Å². The van der Waals surface area contributed by atoms with E-state index in [0.29, 0.717) is 16.9 Å². The Kier molecular flexibility index (Phi) is 3.31. The summed E-state index contributed by atoms with van der Waals surface area (Å²) in [4.78, 5) is 26.1. The van der Waals surface area contributed by atoms with Crippen LogP contribution in [0.1, 0.15) is 10.4 Å². The fourth-order valence-electron chi connectivity index (χ4n) is 2.45. The van der Waals surface area contributed by atoms with E-state index in [9.17, 15) is 9.59 Å². The van der Waals surface area contributed by atoms with Crippen LogP contribution in [0.3, 0.4) is 0 Å². The van der Waals surface area contributed by atoms with Gasteiger partial charge in [-0.1, -0.05) is 24.3 Å². The van der Waals surface area contributed by atoms with Gasteiger partial charge in [-0.15, -0.1) is 0 Å². The molecule has 0 saturated heterocycles. The Bertz CT molecular complexity index is 712. The van der Waals surface area contributed by atoms with E-state index in [2.05, 4.69) is 10.6 Å². The average molecular weight is 281 g/mol. The molecule has 0 aromatic heterocycles. The van der Waals surface area contributed by atoms with Crippen molar-refractivity contribution in [1.82, 2.24) is 0 Å². The maximum absolute atomic E-state index is 12.8. The van der Waals surface area contributed by atoms with Crippen molar-refractivity contribution < 1.29 is 9.59 Å². The number of carbonyl (C=O) groups excluding carboxylic acids is 2. The molecule has 0 fully saturated rings. The molecule has 1 aliphatic heterocycles. The third-order valence-electron chi connectivity index (χ3n) is 3.44. The van der Waals surface area contributed by atoms with Crippen molar-refractivity contribution in [3.8, 4) is 0 Å². The van der Waals surface area contributed by atoms with Gasteiger partial charge in [0.1, 0.15) is 6.54 Å². The zero-order chi connectivity index (χ0) is 14.8. The molecule has 2 N–H and O–H groups in total. The first-order chi connectivity index (χ1) is 10.2. The molecule has 5 nitrogen and oxygen atoms in total. The Balaban J connectivity index is 2.04. The molecule has 2 aromatic carbocycles. The maximum Gasteiger partial charge on any atom is 0.260 e. The zero-order valence-electron chi connectivity index (χ0n) is 11.6. The predicted octanol–water partition coefficient (Wildman–Crippen LogP) is 2.33. The first-order valence-electron chi connectivity index (χ1n) is 6.68. The second-order valence-corrected chi connectivity index (χ2v) is 4.75. The summed E-state index contributed by atoms with van der Waals surface area (Å²) >= 11 is 0. The van der Waals surface area contributed by atoms with Gasteiger partial charge in [-0.25, -0.2) is 0 Å². The van der Waals surface area contributed by atoms with E-state index >= 15 is 0 Å². The molecule has 21 heavy (non-hydrogen) atoms. The standard InChI is InChI=1S/C16H15N3O2/c1-17-12-7-3-2-6-11(12)16(21)19-10-15(20)18-13-8-4-5-9-14(13)19/h2-9,17H,10H2,1H3,(H,18,20). The van der Waals surface area contributed by atoms with Gasteiger partial charge in [-0.2, -0.15) is 0 Å². The molecule has 106 valence electrons. The summed E-state index contributed by atoms with van der Waals surface area (Å²) in [5.74, 6) is -0.383. The number of anilines is 3. The van der Waals surface area contributed by atoms with Crippen LogP contribution in [0.15, 0.2) is 48.5 Å². The fourth-order valence-corrected chi connectivity index (χ4v) is 2.45. The van der Waals surface area contributed by atoms with Crippen LogP contribution >= 0.6 is 0 Å². The average Bonchev–Trinajstić information content (AvgIpc) is 2.53. The molecule has 0 aliphatic carbocycles. The van der Waals surface area contributed by atoms with Crippen molar-refractivity contribution in [1.29, 1.82) is 0 Å². The number of para-hydroxylation sites is 3. The van der Waals surface area contributed by atoms with Gasteiger partial charge < -0.3 is 10.6 Å². The summed E-state index contributed by atoms with van der Waals surface area (Å²) in [6.45, 7) is 0.0217. The zero-order valence-corrected chi connectivity index (χ0v) is 11.6. The Morgan fingerprint density at radius 3 is 2.67 bits per heavy atom. The van der Waals surface area contributed by atoms with Gasteiger partial charge in [0, 0.05) is 12.7 Å². The highest BCUT2D eigenvalue weighted by Gasteiger charge is 2.28. The van der Waals surface area contributed by atoms with Gasteiger partial charge in [0.2, 0.25) is 5.91 Å². The fraction of sp³-hybridized carbons (Fsp3) is 0.125. The van der Waals surface area contributed by atoms with Crippen molar-refractivity contribution >= 4 is 28.9 Å². The lowest BCUT2D eigenvalue weighted by Gasteiger charge is -2.29. The highest BCUT2D eigenvalue weighted by atomic mass is 16.2. The lowest BCUT2D eigenvalue weighted by molar-refractivity contribution is -0.115. The SMILES string of the molecule is CNc1ccccc1C(=O)N1CC(=O)Nc2ccccc21. The molecule has 0 saturated carbocycles. The third kappa shape index (κ3) is 2.33.